The maximum atomic E-state index is 13.4. The molecule has 5 rings (SSSR count). The van der Waals surface area contributed by atoms with Crippen LogP contribution in [0.15, 0.2) is 48.7 Å². The number of H-pyrrole nitrogens is 1. The summed E-state index contributed by atoms with van der Waals surface area (Å²) in [6.45, 7) is 3.04. The first-order chi connectivity index (χ1) is 14.2. The molecule has 29 heavy (non-hydrogen) atoms. The van der Waals surface area contributed by atoms with Crippen LogP contribution in [0.25, 0.3) is 16.9 Å². The Balaban J connectivity index is 1.50. The number of imidazole rings is 1. The second-order valence-corrected chi connectivity index (χ2v) is 7.21. The summed E-state index contributed by atoms with van der Waals surface area (Å²) in [5, 5.41) is 7.68. The molecular weight excluding hydrogens is 366 g/mol. The topological polar surface area (TPSA) is 75.5 Å². The molecule has 0 aliphatic carbocycles. The molecule has 0 saturated heterocycles. The Morgan fingerprint density at radius 2 is 2.10 bits per heavy atom. The number of carbonyl (C=O) groups is 1. The van der Waals surface area contributed by atoms with E-state index >= 15 is 0 Å². The number of hydrogen-bond donors (Lipinski definition) is 1. The molecule has 0 saturated carbocycles. The van der Waals surface area contributed by atoms with Crippen LogP contribution >= 0.6 is 0 Å². The van der Waals surface area contributed by atoms with E-state index in [-0.39, 0.29) is 5.91 Å². The molecule has 0 spiro atoms. The number of hydrogen-bond acceptors (Lipinski definition) is 4. The van der Waals surface area contributed by atoms with Crippen molar-refractivity contribution in [2.45, 2.75) is 19.9 Å². The van der Waals surface area contributed by atoms with E-state index < -0.39 is 0 Å². The first kappa shape index (κ1) is 17.5. The van der Waals surface area contributed by atoms with Gasteiger partial charge in [0.15, 0.2) is 0 Å². The number of rotatable bonds is 3. The third-order valence-corrected chi connectivity index (χ3v) is 5.47. The maximum absolute atomic E-state index is 13.4. The van der Waals surface area contributed by atoms with E-state index in [0.717, 1.165) is 46.0 Å². The van der Waals surface area contributed by atoms with Gasteiger partial charge in [-0.1, -0.05) is 18.2 Å². The quantitative estimate of drug-likeness (QED) is 0.586. The first-order valence-electron chi connectivity index (χ1n) is 9.59. The van der Waals surface area contributed by atoms with Crippen molar-refractivity contribution in [2.75, 3.05) is 13.7 Å². The number of ether oxygens (including phenoxy) is 1. The molecule has 0 atom stereocenters. The van der Waals surface area contributed by atoms with Crippen LogP contribution in [0.4, 0.5) is 0 Å². The van der Waals surface area contributed by atoms with Gasteiger partial charge in [0, 0.05) is 36.0 Å². The van der Waals surface area contributed by atoms with E-state index in [1.165, 1.54) is 0 Å². The van der Waals surface area contributed by atoms with Crippen LogP contribution in [0.2, 0.25) is 0 Å². The fourth-order valence-electron chi connectivity index (χ4n) is 4.00. The second kappa shape index (κ2) is 6.77. The van der Waals surface area contributed by atoms with Crippen LogP contribution < -0.4 is 4.74 Å². The summed E-state index contributed by atoms with van der Waals surface area (Å²) in [4.78, 5) is 19.8. The van der Waals surface area contributed by atoms with Crippen molar-refractivity contribution in [2.24, 2.45) is 0 Å². The summed E-state index contributed by atoms with van der Waals surface area (Å²) in [6, 6.07) is 13.6. The number of aromatic nitrogens is 4. The molecule has 7 heteroatoms. The molecular formula is C22H21N5O2. The Morgan fingerprint density at radius 3 is 2.97 bits per heavy atom. The zero-order valence-electron chi connectivity index (χ0n) is 16.3. The zero-order valence-corrected chi connectivity index (χ0v) is 16.3. The maximum Gasteiger partial charge on any atom is 0.273 e. The summed E-state index contributed by atoms with van der Waals surface area (Å²) in [7, 11) is 1.65. The fourth-order valence-corrected chi connectivity index (χ4v) is 4.00. The molecule has 4 aromatic rings. The minimum atomic E-state index is -0.00959. The van der Waals surface area contributed by atoms with Gasteiger partial charge in [-0.25, -0.2) is 4.98 Å². The molecule has 4 heterocycles. The van der Waals surface area contributed by atoms with Crippen molar-refractivity contribution in [3.05, 3.63) is 71.3 Å². The predicted molar refractivity (Wildman–Crippen MR) is 109 cm³/mol. The molecule has 3 aromatic heterocycles. The monoisotopic (exact) mass is 387 g/mol. The molecule has 0 fully saturated rings. The van der Waals surface area contributed by atoms with Gasteiger partial charge >= 0.3 is 0 Å². The number of benzene rings is 1. The Bertz CT molecular complexity index is 1220. The highest BCUT2D eigenvalue weighted by molar-refractivity contribution is 5.95. The van der Waals surface area contributed by atoms with E-state index in [1.54, 1.807) is 7.11 Å². The molecule has 0 bridgehead atoms. The molecule has 0 unspecified atom stereocenters. The van der Waals surface area contributed by atoms with Crippen LogP contribution in [-0.4, -0.2) is 44.0 Å². The summed E-state index contributed by atoms with van der Waals surface area (Å²) >= 11 is 0. The molecule has 1 aliphatic heterocycles. The minimum absolute atomic E-state index is 0.00959. The van der Waals surface area contributed by atoms with E-state index in [1.807, 2.05) is 64.9 Å². The SMILES string of the molecule is COc1cccc(-c2n[nH]c3c2CN(C(=O)c2c(C)nc4ccccn24)CC3)c1. The lowest BCUT2D eigenvalue weighted by atomic mass is 10.0. The van der Waals surface area contributed by atoms with Gasteiger partial charge in [0.1, 0.15) is 17.1 Å². The van der Waals surface area contributed by atoms with Crippen molar-refractivity contribution in [3.63, 3.8) is 0 Å². The average molecular weight is 387 g/mol. The number of nitrogens with zero attached hydrogens (tertiary/aromatic N) is 4. The normalized spacial score (nSPS) is 13.5. The van der Waals surface area contributed by atoms with Gasteiger partial charge < -0.3 is 9.64 Å². The van der Waals surface area contributed by atoms with E-state index in [2.05, 4.69) is 15.2 Å². The number of carbonyl (C=O) groups excluding carboxylic acids is 1. The van der Waals surface area contributed by atoms with E-state index in [4.69, 9.17) is 4.74 Å². The van der Waals surface area contributed by atoms with Crippen molar-refractivity contribution < 1.29 is 9.53 Å². The Kier molecular flexibility index (Phi) is 4.08. The van der Waals surface area contributed by atoms with Gasteiger partial charge in [-0.2, -0.15) is 5.10 Å². The van der Waals surface area contributed by atoms with E-state index in [9.17, 15) is 4.79 Å². The standard InChI is InChI=1S/C22H21N5O2/c1-14-21(27-10-4-3-8-19(27)23-14)22(28)26-11-9-18-17(13-26)20(25-24-18)15-6-5-7-16(12-15)29-2/h3-8,10,12H,9,11,13H2,1-2H3,(H,24,25). The van der Waals surface area contributed by atoms with Gasteiger partial charge in [0.2, 0.25) is 0 Å². The van der Waals surface area contributed by atoms with Gasteiger partial charge in [-0.15, -0.1) is 0 Å². The highest BCUT2D eigenvalue weighted by atomic mass is 16.5. The number of amides is 1. The average Bonchev–Trinajstić information content (AvgIpc) is 3.33. The number of aromatic amines is 1. The minimum Gasteiger partial charge on any atom is -0.497 e. The van der Waals surface area contributed by atoms with Crippen LogP contribution in [-0.2, 0) is 13.0 Å². The number of nitrogens with one attached hydrogen (secondary N) is 1. The zero-order chi connectivity index (χ0) is 20.0. The second-order valence-electron chi connectivity index (χ2n) is 7.21. The molecule has 146 valence electrons. The number of fused-ring (bicyclic) bond motifs is 2. The number of pyridine rings is 1. The molecule has 1 N–H and O–H groups in total. The molecule has 7 nitrogen and oxygen atoms in total. The number of methoxy groups -OCH3 is 1. The van der Waals surface area contributed by atoms with Gasteiger partial charge in [-0.3, -0.25) is 14.3 Å². The van der Waals surface area contributed by atoms with Crippen LogP contribution in [0, 0.1) is 6.92 Å². The smallest absolute Gasteiger partial charge is 0.273 e. The third-order valence-electron chi connectivity index (χ3n) is 5.47. The van der Waals surface area contributed by atoms with Crippen LogP contribution in [0.3, 0.4) is 0 Å². The lowest BCUT2D eigenvalue weighted by Gasteiger charge is -2.27. The Hall–Kier alpha value is -3.61. The van der Waals surface area contributed by atoms with Crippen molar-refractivity contribution in [3.8, 4) is 17.0 Å². The van der Waals surface area contributed by atoms with Crippen molar-refractivity contribution in [1.82, 2.24) is 24.5 Å². The van der Waals surface area contributed by atoms with Gasteiger partial charge in [-0.05, 0) is 31.2 Å². The summed E-state index contributed by atoms with van der Waals surface area (Å²) < 4.78 is 7.21. The lowest BCUT2D eigenvalue weighted by molar-refractivity contribution is 0.0726. The molecule has 0 radical (unpaired) electrons. The van der Waals surface area contributed by atoms with Gasteiger partial charge in [0.05, 0.1) is 25.0 Å². The highest BCUT2D eigenvalue weighted by Crippen LogP contribution is 2.31. The Labute approximate surface area is 167 Å². The van der Waals surface area contributed by atoms with Crippen molar-refractivity contribution in [1.29, 1.82) is 0 Å². The molecule has 1 amide bonds. The highest BCUT2D eigenvalue weighted by Gasteiger charge is 2.29. The van der Waals surface area contributed by atoms with Crippen LogP contribution in [0.5, 0.6) is 5.75 Å². The van der Waals surface area contributed by atoms with E-state index in [0.29, 0.717) is 18.8 Å². The fraction of sp³-hybridized carbons (Fsp3) is 0.227. The third kappa shape index (κ3) is 2.86. The van der Waals surface area contributed by atoms with Crippen LogP contribution in [0.1, 0.15) is 27.4 Å². The number of aryl methyl sites for hydroxylation is 1. The molecule has 1 aromatic carbocycles. The first-order valence-corrected chi connectivity index (χ1v) is 9.59. The summed E-state index contributed by atoms with van der Waals surface area (Å²) in [5.74, 6) is 0.772. The van der Waals surface area contributed by atoms with Crippen molar-refractivity contribution >= 4 is 11.6 Å². The van der Waals surface area contributed by atoms with Gasteiger partial charge in [0.25, 0.3) is 5.91 Å². The predicted octanol–water partition coefficient (Wildman–Crippen LogP) is 3.24. The molecule has 1 aliphatic rings. The summed E-state index contributed by atoms with van der Waals surface area (Å²) in [6.07, 6.45) is 2.63. The largest absolute Gasteiger partial charge is 0.497 e. The lowest BCUT2D eigenvalue weighted by Crippen LogP contribution is -2.36. The Morgan fingerprint density at radius 1 is 1.21 bits per heavy atom. The summed E-state index contributed by atoms with van der Waals surface area (Å²) in [5.41, 5.74) is 6.13.